The molecule has 1 N–H and O–H groups in total. The summed E-state index contributed by atoms with van der Waals surface area (Å²) in [4.78, 5) is 13.7. The Bertz CT molecular complexity index is 417. The van der Waals surface area contributed by atoms with Crippen LogP contribution in [-0.4, -0.2) is 29.9 Å². The van der Waals surface area contributed by atoms with Gasteiger partial charge in [-0.05, 0) is 24.5 Å². The van der Waals surface area contributed by atoms with E-state index in [1.165, 1.54) is 11.1 Å². The van der Waals surface area contributed by atoms with Crippen molar-refractivity contribution in [3.63, 3.8) is 0 Å². The molecule has 1 aromatic rings. The molecule has 1 amide bonds. The number of rotatable bonds is 4. The van der Waals surface area contributed by atoms with Crippen molar-refractivity contribution in [2.75, 3.05) is 13.1 Å². The molecule has 0 aliphatic carbocycles. The molecule has 1 atom stereocenters. The Balaban J connectivity index is 1.90. The van der Waals surface area contributed by atoms with Crippen LogP contribution in [0.3, 0.4) is 0 Å². The number of carbonyl (C=O) groups is 1. The van der Waals surface area contributed by atoms with Gasteiger partial charge >= 0.3 is 0 Å². The van der Waals surface area contributed by atoms with Crippen LogP contribution in [0.5, 0.6) is 0 Å². The monoisotopic (exact) mass is 246 g/mol. The van der Waals surface area contributed by atoms with Gasteiger partial charge in [-0.3, -0.25) is 9.69 Å². The third kappa shape index (κ3) is 3.10. The van der Waals surface area contributed by atoms with E-state index in [2.05, 4.69) is 41.4 Å². The number of fused-ring (bicyclic) bond motifs is 1. The zero-order valence-corrected chi connectivity index (χ0v) is 11.3. The summed E-state index contributed by atoms with van der Waals surface area (Å²) in [6.07, 6.45) is 1.68. The van der Waals surface area contributed by atoms with Gasteiger partial charge in [0.05, 0.1) is 0 Å². The molecule has 0 aromatic heterocycles. The van der Waals surface area contributed by atoms with Crippen LogP contribution in [0, 0.1) is 0 Å². The van der Waals surface area contributed by atoms with E-state index < -0.39 is 0 Å². The van der Waals surface area contributed by atoms with Gasteiger partial charge in [-0.15, -0.1) is 0 Å². The standard InChI is InChI=1S/C15H22N2O/c1-3-15(18)16-10-12(2)17-9-8-13-6-4-5-7-14(13)11-17/h4-7,12H,3,8-11H2,1-2H3,(H,16,18). The van der Waals surface area contributed by atoms with Crippen LogP contribution in [-0.2, 0) is 17.8 Å². The Hall–Kier alpha value is -1.35. The first-order valence-corrected chi connectivity index (χ1v) is 6.78. The molecule has 0 saturated carbocycles. The lowest BCUT2D eigenvalue weighted by Crippen LogP contribution is -2.44. The molecule has 1 aromatic carbocycles. The second-order valence-electron chi connectivity index (χ2n) is 5.00. The molecule has 1 aliphatic heterocycles. The minimum absolute atomic E-state index is 0.138. The zero-order valence-electron chi connectivity index (χ0n) is 11.3. The SMILES string of the molecule is CCC(=O)NCC(C)N1CCc2ccccc2C1. The molecule has 0 saturated heterocycles. The number of benzene rings is 1. The molecular weight excluding hydrogens is 224 g/mol. The Morgan fingerprint density at radius 2 is 2.11 bits per heavy atom. The summed E-state index contributed by atoms with van der Waals surface area (Å²) in [6.45, 7) is 6.90. The van der Waals surface area contributed by atoms with Crippen LogP contribution in [0.25, 0.3) is 0 Å². The summed E-state index contributed by atoms with van der Waals surface area (Å²) >= 11 is 0. The molecule has 1 unspecified atom stereocenters. The summed E-state index contributed by atoms with van der Waals surface area (Å²) in [5.41, 5.74) is 2.90. The minimum atomic E-state index is 0.138. The lowest BCUT2D eigenvalue weighted by molar-refractivity contribution is -0.121. The second kappa shape index (κ2) is 6.01. The van der Waals surface area contributed by atoms with Gasteiger partial charge in [-0.1, -0.05) is 31.2 Å². The largest absolute Gasteiger partial charge is 0.355 e. The van der Waals surface area contributed by atoms with E-state index in [0.717, 1.165) is 26.1 Å². The third-order valence-corrected chi connectivity index (χ3v) is 3.70. The van der Waals surface area contributed by atoms with Gasteiger partial charge in [0.25, 0.3) is 0 Å². The van der Waals surface area contributed by atoms with Gasteiger partial charge in [0.1, 0.15) is 0 Å². The Labute approximate surface area is 109 Å². The summed E-state index contributed by atoms with van der Waals surface area (Å²) in [5.74, 6) is 0.138. The molecule has 0 fully saturated rings. The summed E-state index contributed by atoms with van der Waals surface area (Å²) in [6, 6.07) is 9.04. The average molecular weight is 246 g/mol. The molecule has 0 bridgehead atoms. The smallest absolute Gasteiger partial charge is 0.219 e. The van der Waals surface area contributed by atoms with Gasteiger partial charge in [0.2, 0.25) is 5.91 Å². The van der Waals surface area contributed by atoms with Crippen LogP contribution >= 0.6 is 0 Å². The van der Waals surface area contributed by atoms with Crippen LogP contribution in [0.1, 0.15) is 31.4 Å². The Morgan fingerprint density at radius 1 is 1.39 bits per heavy atom. The highest BCUT2D eigenvalue weighted by atomic mass is 16.1. The first-order chi connectivity index (χ1) is 8.70. The molecule has 0 radical (unpaired) electrons. The molecular formula is C15H22N2O. The molecule has 18 heavy (non-hydrogen) atoms. The summed E-state index contributed by atoms with van der Waals surface area (Å²) in [7, 11) is 0. The van der Waals surface area contributed by atoms with E-state index in [-0.39, 0.29) is 5.91 Å². The van der Waals surface area contributed by atoms with Crippen molar-refractivity contribution in [3.8, 4) is 0 Å². The molecule has 98 valence electrons. The number of nitrogens with zero attached hydrogens (tertiary/aromatic N) is 1. The molecule has 0 spiro atoms. The predicted octanol–water partition coefficient (Wildman–Crippen LogP) is 1.96. The molecule has 2 rings (SSSR count). The fourth-order valence-electron chi connectivity index (χ4n) is 2.41. The van der Waals surface area contributed by atoms with E-state index in [4.69, 9.17) is 0 Å². The van der Waals surface area contributed by atoms with Gasteiger partial charge in [0, 0.05) is 32.1 Å². The average Bonchev–Trinajstić information content (AvgIpc) is 2.43. The Kier molecular flexibility index (Phi) is 4.37. The van der Waals surface area contributed by atoms with Crippen molar-refractivity contribution >= 4 is 5.91 Å². The third-order valence-electron chi connectivity index (χ3n) is 3.70. The zero-order chi connectivity index (χ0) is 13.0. The van der Waals surface area contributed by atoms with Crippen molar-refractivity contribution < 1.29 is 4.79 Å². The van der Waals surface area contributed by atoms with E-state index >= 15 is 0 Å². The maximum atomic E-state index is 11.3. The highest BCUT2D eigenvalue weighted by Gasteiger charge is 2.20. The lowest BCUT2D eigenvalue weighted by Gasteiger charge is -2.33. The van der Waals surface area contributed by atoms with Gasteiger partial charge in [-0.25, -0.2) is 0 Å². The number of carbonyl (C=O) groups excluding carboxylic acids is 1. The maximum Gasteiger partial charge on any atom is 0.219 e. The van der Waals surface area contributed by atoms with Crippen molar-refractivity contribution in [2.24, 2.45) is 0 Å². The quantitative estimate of drug-likeness (QED) is 0.881. The van der Waals surface area contributed by atoms with E-state index in [0.29, 0.717) is 12.5 Å². The van der Waals surface area contributed by atoms with Gasteiger partial charge < -0.3 is 5.32 Å². The maximum absolute atomic E-state index is 11.3. The van der Waals surface area contributed by atoms with Crippen molar-refractivity contribution in [1.29, 1.82) is 0 Å². The number of amides is 1. The summed E-state index contributed by atoms with van der Waals surface area (Å²) in [5, 5.41) is 2.97. The molecule has 1 heterocycles. The lowest BCUT2D eigenvalue weighted by atomic mass is 9.99. The van der Waals surface area contributed by atoms with Crippen molar-refractivity contribution in [1.82, 2.24) is 10.2 Å². The molecule has 3 heteroatoms. The minimum Gasteiger partial charge on any atom is -0.355 e. The van der Waals surface area contributed by atoms with E-state index in [1.807, 2.05) is 6.92 Å². The van der Waals surface area contributed by atoms with Gasteiger partial charge in [-0.2, -0.15) is 0 Å². The molecule has 1 aliphatic rings. The van der Waals surface area contributed by atoms with E-state index in [9.17, 15) is 4.79 Å². The van der Waals surface area contributed by atoms with Crippen LogP contribution in [0.15, 0.2) is 24.3 Å². The number of nitrogens with one attached hydrogen (secondary N) is 1. The predicted molar refractivity (Wildman–Crippen MR) is 73.3 cm³/mol. The number of hydrogen-bond acceptors (Lipinski definition) is 2. The Morgan fingerprint density at radius 3 is 2.83 bits per heavy atom. The first-order valence-electron chi connectivity index (χ1n) is 6.78. The normalized spacial score (nSPS) is 17.0. The summed E-state index contributed by atoms with van der Waals surface area (Å²) < 4.78 is 0. The van der Waals surface area contributed by atoms with E-state index in [1.54, 1.807) is 0 Å². The van der Waals surface area contributed by atoms with Gasteiger partial charge in [0.15, 0.2) is 0 Å². The van der Waals surface area contributed by atoms with Crippen molar-refractivity contribution in [2.45, 2.75) is 39.3 Å². The van der Waals surface area contributed by atoms with Crippen LogP contribution < -0.4 is 5.32 Å². The highest BCUT2D eigenvalue weighted by molar-refractivity contribution is 5.75. The fraction of sp³-hybridized carbons (Fsp3) is 0.533. The molecule has 3 nitrogen and oxygen atoms in total. The topological polar surface area (TPSA) is 32.3 Å². The van der Waals surface area contributed by atoms with Crippen LogP contribution in [0.4, 0.5) is 0 Å². The number of hydrogen-bond donors (Lipinski definition) is 1. The van der Waals surface area contributed by atoms with Crippen molar-refractivity contribution in [3.05, 3.63) is 35.4 Å². The van der Waals surface area contributed by atoms with Crippen LogP contribution in [0.2, 0.25) is 0 Å². The first kappa shape index (κ1) is 13.1. The second-order valence-corrected chi connectivity index (χ2v) is 5.00. The highest BCUT2D eigenvalue weighted by Crippen LogP contribution is 2.19. The fourth-order valence-corrected chi connectivity index (χ4v) is 2.41.